The molecule has 1 rings (SSSR count). The third-order valence-corrected chi connectivity index (χ3v) is 3.15. The summed E-state index contributed by atoms with van der Waals surface area (Å²) in [6, 6.07) is 3.08. The van der Waals surface area contributed by atoms with Gasteiger partial charge in [0, 0.05) is 11.6 Å². The second-order valence-electron chi connectivity index (χ2n) is 4.31. The third kappa shape index (κ3) is 4.59. The summed E-state index contributed by atoms with van der Waals surface area (Å²) in [6.07, 6.45) is 0.950. The van der Waals surface area contributed by atoms with Crippen LogP contribution in [0.15, 0.2) is 23.9 Å². The van der Waals surface area contributed by atoms with Gasteiger partial charge in [0.1, 0.15) is 10.7 Å². The molecule has 3 N–H and O–H groups in total. The van der Waals surface area contributed by atoms with E-state index in [1.165, 1.54) is 34.5 Å². The molecule has 0 saturated carbocycles. The number of ether oxygens (including phenoxy) is 4. The zero-order valence-corrected chi connectivity index (χ0v) is 14.5. The van der Waals surface area contributed by atoms with Crippen molar-refractivity contribution in [2.24, 2.45) is 5.73 Å². The monoisotopic (exact) mass is 354 g/mol. The maximum atomic E-state index is 11.8. The summed E-state index contributed by atoms with van der Waals surface area (Å²) in [6.45, 7) is 0. The molecule has 0 aromatic heterocycles. The Morgan fingerprint density at radius 1 is 1.08 bits per heavy atom. The van der Waals surface area contributed by atoms with Gasteiger partial charge in [-0.2, -0.15) is 0 Å². The fourth-order valence-electron chi connectivity index (χ4n) is 1.76. The molecule has 0 aliphatic carbocycles. The van der Waals surface area contributed by atoms with Crippen molar-refractivity contribution >= 4 is 34.8 Å². The number of nitrogens with two attached hydrogens (primary N) is 1. The molecule has 0 bridgehead atoms. The summed E-state index contributed by atoms with van der Waals surface area (Å²) in [4.78, 5) is 23.3. The standard InChI is InChI=1S/C15H18N2O6S/c1-20-11-5-8(14(16)24)9(6-12(11)21-2)17-10(15(19)23-4)7-13(18)22-3/h5-7,17H,1-4H3,(H2,16,24)/b10-7+. The average molecular weight is 354 g/mol. The van der Waals surface area contributed by atoms with E-state index in [-0.39, 0.29) is 10.7 Å². The predicted octanol–water partition coefficient (Wildman–Crippen LogP) is 0.980. The molecule has 0 atom stereocenters. The Bertz CT molecular complexity index is 687. The van der Waals surface area contributed by atoms with Crippen LogP contribution in [0.1, 0.15) is 5.56 Å². The van der Waals surface area contributed by atoms with Gasteiger partial charge in [0.25, 0.3) is 0 Å². The van der Waals surface area contributed by atoms with Crippen molar-refractivity contribution in [3.8, 4) is 11.5 Å². The maximum Gasteiger partial charge on any atom is 0.354 e. The first kappa shape index (κ1) is 19.2. The second kappa shape index (κ2) is 8.73. The van der Waals surface area contributed by atoms with Crippen LogP contribution >= 0.6 is 12.2 Å². The number of esters is 2. The SMILES string of the molecule is COC(=O)/C=C(/Nc1cc(OC)c(OC)cc1C(N)=S)C(=O)OC. The molecule has 0 aliphatic rings. The topological polar surface area (TPSA) is 109 Å². The minimum Gasteiger partial charge on any atom is -0.493 e. The lowest BCUT2D eigenvalue weighted by Gasteiger charge is -2.16. The highest BCUT2D eigenvalue weighted by molar-refractivity contribution is 7.80. The van der Waals surface area contributed by atoms with Crippen molar-refractivity contribution in [3.05, 3.63) is 29.5 Å². The van der Waals surface area contributed by atoms with Gasteiger partial charge < -0.3 is 30.0 Å². The van der Waals surface area contributed by atoms with Crippen molar-refractivity contribution in [1.82, 2.24) is 0 Å². The highest BCUT2D eigenvalue weighted by atomic mass is 32.1. The van der Waals surface area contributed by atoms with Crippen LogP contribution in [0.5, 0.6) is 11.5 Å². The summed E-state index contributed by atoms with van der Waals surface area (Å²) in [5.74, 6) is -0.728. The summed E-state index contributed by atoms with van der Waals surface area (Å²) in [5.41, 5.74) is 6.28. The molecule has 1 aromatic rings. The molecule has 0 heterocycles. The lowest BCUT2D eigenvalue weighted by Crippen LogP contribution is -2.19. The molecule has 0 saturated heterocycles. The third-order valence-electron chi connectivity index (χ3n) is 2.93. The average Bonchev–Trinajstić information content (AvgIpc) is 2.59. The van der Waals surface area contributed by atoms with Crippen LogP contribution in [0.3, 0.4) is 0 Å². The second-order valence-corrected chi connectivity index (χ2v) is 4.75. The highest BCUT2D eigenvalue weighted by Gasteiger charge is 2.18. The molecule has 0 unspecified atom stereocenters. The molecule has 130 valence electrons. The molecule has 8 nitrogen and oxygen atoms in total. The summed E-state index contributed by atoms with van der Waals surface area (Å²) in [5, 5.41) is 2.75. The lowest BCUT2D eigenvalue weighted by atomic mass is 10.1. The molecule has 9 heteroatoms. The van der Waals surface area contributed by atoms with E-state index in [1.54, 1.807) is 6.07 Å². The number of hydrogen-bond donors (Lipinski definition) is 2. The normalized spacial score (nSPS) is 10.6. The Morgan fingerprint density at radius 3 is 2.12 bits per heavy atom. The van der Waals surface area contributed by atoms with Gasteiger partial charge in [-0.05, 0) is 6.07 Å². The van der Waals surface area contributed by atoms with E-state index in [2.05, 4.69) is 14.8 Å². The predicted molar refractivity (Wildman–Crippen MR) is 91.2 cm³/mol. The smallest absolute Gasteiger partial charge is 0.354 e. The number of anilines is 1. The van der Waals surface area contributed by atoms with Gasteiger partial charge in [0.2, 0.25) is 0 Å². The van der Waals surface area contributed by atoms with Gasteiger partial charge in [-0.1, -0.05) is 12.2 Å². The summed E-state index contributed by atoms with van der Waals surface area (Å²) in [7, 11) is 5.28. The summed E-state index contributed by atoms with van der Waals surface area (Å²) < 4.78 is 19.5. The molecule has 1 aromatic carbocycles. The molecule has 0 aliphatic heterocycles. The zero-order valence-electron chi connectivity index (χ0n) is 13.7. The van der Waals surface area contributed by atoms with E-state index in [0.717, 1.165) is 6.08 Å². The van der Waals surface area contributed by atoms with E-state index < -0.39 is 11.9 Å². The Hall–Kier alpha value is -2.81. The molecule has 0 fully saturated rings. The van der Waals surface area contributed by atoms with Crippen LogP contribution in [-0.4, -0.2) is 45.4 Å². The van der Waals surface area contributed by atoms with Gasteiger partial charge in [0.05, 0.1) is 40.2 Å². The fraction of sp³-hybridized carbons (Fsp3) is 0.267. The fourth-order valence-corrected chi connectivity index (χ4v) is 1.93. The van der Waals surface area contributed by atoms with Gasteiger partial charge in [-0.15, -0.1) is 0 Å². The first-order valence-electron chi connectivity index (χ1n) is 6.58. The molecular weight excluding hydrogens is 336 g/mol. The van der Waals surface area contributed by atoms with Crippen molar-refractivity contribution in [2.75, 3.05) is 33.8 Å². The number of thiocarbonyl (C=S) groups is 1. The molecule has 0 radical (unpaired) electrons. The molecule has 24 heavy (non-hydrogen) atoms. The Kier molecular flexibility index (Phi) is 6.99. The first-order valence-corrected chi connectivity index (χ1v) is 6.99. The number of rotatable bonds is 7. The van der Waals surface area contributed by atoms with Crippen LogP contribution in [0.2, 0.25) is 0 Å². The molecular formula is C15H18N2O6S. The van der Waals surface area contributed by atoms with Crippen molar-refractivity contribution in [3.63, 3.8) is 0 Å². The Balaban J connectivity index is 3.41. The van der Waals surface area contributed by atoms with Crippen LogP contribution < -0.4 is 20.5 Å². The van der Waals surface area contributed by atoms with E-state index in [0.29, 0.717) is 22.7 Å². The maximum absolute atomic E-state index is 11.8. The number of hydrogen-bond acceptors (Lipinski definition) is 8. The van der Waals surface area contributed by atoms with Crippen molar-refractivity contribution < 1.29 is 28.5 Å². The van der Waals surface area contributed by atoms with Gasteiger partial charge in [0.15, 0.2) is 11.5 Å². The number of benzene rings is 1. The first-order chi connectivity index (χ1) is 11.4. The number of nitrogens with one attached hydrogen (secondary N) is 1. The number of carbonyl (C=O) groups excluding carboxylic acids is 2. The van der Waals surface area contributed by atoms with Crippen molar-refractivity contribution in [1.29, 1.82) is 0 Å². The summed E-state index contributed by atoms with van der Waals surface area (Å²) >= 11 is 5.01. The van der Waals surface area contributed by atoms with E-state index in [9.17, 15) is 9.59 Å². The Labute approximate surface area is 144 Å². The lowest BCUT2D eigenvalue weighted by molar-refractivity contribution is -0.138. The Morgan fingerprint density at radius 2 is 1.67 bits per heavy atom. The number of carbonyl (C=O) groups is 2. The largest absolute Gasteiger partial charge is 0.493 e. The van der Waals surface area contributed by atoms with Crippen molar-refractivity contribution in [2.45, 2.75) is 0 Å². The van der Waals surface area contributed by atoms with E-state index in [4.69, 9.17) is 27.4 Å². The van der Waals surface area contributed by atoms with Gasteiger partial charge >= 0.3 is 11.9 Å². The quantitative estimate of drug-likeness (QED) is 0.421. The zero-order chi connectivity index (χ0) is 18.3. The number of methoxy groups -OCH3 is 4. The van der Waals surface area contributed by atoms with Crippen LogP contribution in [0, 0.1) is 0 Å². The molecule has 0 amide bonds. The highest BCUT2D eigenvalue weighted by Crippen LogP contribution is 2.34. The van der Waals surface area contributed by atoms with E-state index in [1.807, 2.05) is 0 Å². The van der Waals surface area contributed by atoms with E-state index >= 15 is 0 Å². The van der Waals surface area contributed by atoms with Crippen LogP contribution in [0.4, 0.5) is 5.69 Å². The molecule has 0 spiro atoms. The minimum absolute atomic E-state index is 0.0562. The minimum atomic E-state index is -0.774. The van der Waals surface area contributed by atoms with Gasteiger partial charge in [-0.3, -0.25) is 0 Å². The van der Waals surface area contributed by atoms with Crippen LogP contribution in [-0.2, 0) is 19.1 Å². The van der Waals surface area contributed by atoms with Crippen LogP contribution in [0.25, 0.3) is 0 Å². The van der Waals surface area contributed by atoms with Gasteiger partial charge in [-0.25, -0.2) is 9.59 Å².